The third-order valence-corrected chi connectivity index (χ3v) is 4.76. The maximum absolute atomic E-state index is 5.98. The molecule has 1 saturated heterocycles. The quantitative estimate of drug-likeness (QED) is 0.727. The van der Waals surface area contributed by atoms with Gasteiger partial charge in [-0.05, 0) is 35.4 Å². The van der Waals surface area contributed by atoms with Crippen molar-refractivity contribution in [1.29, 1.82) is 0 Å². The summed E-state index contributed by atoms with van der Waals surface area (Å²) < 4.78 is 1.08. The average Bonchev–Trinajstić information content (AvgIpc) is 1.99. The zero-order valence-electron chi connectivity index (χ0n) is 7.26. The van der Waals surface area contributed by atoms with Gasteiger partial charge in [0.1, 0.15) is 0 Å². The second-order valence-electron chi connectivity index (χ2n) is 3.43. The molecule has 0 aromatic heterocycles. The van der Waals surface area contributed by atoms with Crippen molar-refractivity contribution in [3.05, 3.63) is 33.3 Å². The number of halogens is 2. The second-order valence-corrected chi connectivity index (χ2v) is 5.96. The van der Waals surface area contributed by atoms with Crippen LogP contribution < -0.4 is 0 Å². The van der Waals surface area contributed by atoms with Gasteiger partial charge in [0.15, 0.2) is 0 Å². The van der Waals surface area contributed by atoms with Crippen molar-refractivity contribution in [2.24, 2.45) is 5.92 Å². The Kier molecular flexibility index (Phi) is 2.91. The fraction of sp³-hybridized carbons (Fsp3) is 0.400. The molecule has 2 unspecified atom stereocenters. The molecule has 1 fully saturated rings. The van der Waals surface area contributed by atoms with Gasteiger partial charge < -0.3 is 0 Å². The van der Waals surface area contributed by atoms with E-state index in [1.54, 1.807) is 0 Å². The molecule has 2 atom stereocenters. The summed E-state index contributed by atoms with van der Waals surface area (Å²) in [4.78, 5) is 0. The van der Waals surface area contributed by atoms with Crippen molar-refractivity contribution in [3.63, 3.8) is 0 Å². The molecule has 70 valence electrons. The molecule has 0 spiro atoms. The van der Waals surface area contributed by atoms with Crippen LogP contribution in [0, 0.1) is 5.92 Å². The van der Waals surface area contributed by atoms with Gasteiger partial charge in [-0.15, -0.1) is 0 Å². The van der Waals surface area contributed by atoms with Crippen LogP contribution in [0.5, 0.6) is 0 Å². The smallest absolute Gasteiger partial charge is 0.0420 e. The van der Waals surface area contributed by atoms with Crippen LogP contribution in [0.25, 0.3) is 0 Å². The van der Waals surface area contributed by atoms with Gasteiger partial charge in [-0.2, -0.15) is 11.8 Å². The van der Waals surface area contributed by atoms with Crippen molar-refractivity contribution < 1.29 is 0 Å². The average molecular weight is 278 g/mol. The Morgan fingerprint density at radius 3 is 2.69 bits per heavy atom. The predicted octanol–water partition coefficient (Wildman–Crippen LogP) is 4.53. The van der Waals surface area contributed by atoms with E-state index in [0.717, 1.165) is 15.4 Å². The summed E-state index contributed by atoms with van der Waals surface area (Å²) in [6.45, 7) is 2.29. The molecule has 0 aliphatic carbocycles. The molecule has 3 heteroatoms. The highest BCUT2D eigenvalue weighted by Crippen LogP contribution is 2.47. The summed E-state index contributed by atoms with van der Waals surface area (Å²) in [5.41, 5.74) is 1.35. The molecule has 2 rings (SSSR count). The molecule has 0 radical (unpaired) electrons. The number of thioether (sulfide) groups is 1. The lowest BCUT2D eigenvalue weighted by Gasteiger charge is -2.33. The molecule has 13 heavy (non-hydrogen) atoms. The van der Waals surface area contributed by atoms with E-state index >= 15 is 0 Å². The Bertz CT molecular complexity index is 306. The number of hydrogen-bond donors (Lipinski definition) is 0. The summed E-state index contributed by atoms with van der Waals surface area (Å²) >= 11 is 11.4. The fourth-order valence-corrected chi connectivity index (χ4v) is 3.53. The summed E-state index contributed by atoms with van der Waals surface area (Å²) in [6, 6.07) is 6.16. The van der Waals surface area contributed by atoms with Gasteiger partial charge in [-0.1, -0.05) is 34.5 Å². The van der Waals surface area contributed by atoms with Crippen LogP contribution in [-0.2, 0) is 0 Å². The largest absolute Gasteiger partial charge is 0.153 e. The molecule has 0 N–H and O–H groups in total. The normalized spacial score (nSPS) is 27.0. The van der Waals surface area contributed by atoms with E-state index in [0.29, 0.717) is 5.25 Å². The Hall–Kier alpha value is 0.340. The minimum absolute atomic E-state index is 0.648. The van der Waals surface area contributed by atoms with Crippen molar-refractivity contribution in [2.45, 2.75) is 12.2 Å². The molecular weight excluding hydrogens is 268 g/mol. The van der Waals surface area contributed by atoms with Crippen LogP contribution in [0.15, 0.2) is 22.7 Å². The Balaban J connectivity index is 2.29. The molecule has 0 amide bonds. The lowest BCUT2D eigenvalue weighted by atomic mass is 10.0. The van der Waals surface area contributed by atoms with E-state index in [9.17, 15) is 0 Å². The van der Waals surface area contributed by atoms with Gasteiger partial charge in [0.2, 0.25) is 0 Å². The fourth-order valence-electron chi connectivity index (χ4n) is 1.55. The minimum atomic E-state index is 0.648. The first kappa shape index (κ1) is 9.88. The Morgan fingerprint density at radius 2 is 2.23 bits per heavy atom. The van der Waals surface area contributed by atoms with Crippen molar-refractivity contribution in [1.82, 2.24) is 0 Å². The van der Waals surface area contributed by atoms with Gasteiger partial charge in [-0.3, -0.25) is 0 Å². The van der Waals surface area contributed by atoms with Crippen molar-refractivity contribution in [3.8, 4) is 0 Å². The summed E-state index contributed by atoms with van der Waals surface area (Å²) in [7, 11) is 0. The predicted molar refractivity (Wildman–Crippen MR) is 63.5 cm³/mol. The third kappa shape index (κ3) is 2.05. The molecule has 1 heterocycles. The summed E-state index contributed by atoms with van der Waals surface area (Å²) in [5, 5.41) is 1.47. The Labute approximate surface area is 96.2 Å². The van der Waals surface area contributed by atoms with E-state index in [-0.39, 0.29) is 0 Å². The summed E-state index contributed by atoms with van der Waals surface area (Å²) in [5.74, 6) is 2.06. The van der Waals surface area contributed by atoms with E-state index in [1.165, 1.54) is 11.3 Å². The lowest BCUT2D eigenvalue weighted by Crippen LogP contribution is -2.19. The molecule has 1 aromatic carbocycles. The van der Waals surface area contributed by atoms with Crippen molar-refractivity contribution in [2.75, 3.05) is 5.75 Å². The molecular formula is C10H10BrClS. The highest BCUT2D eigenvalue weighted by molar-refractivity contribution is 9.10. The zero-order valence-corrected chi connectivity index (χ0v) is 10.4. The molecule has 0 bridgehead atoms. The van der Waals surface area contributed by atoms with E-state index in [1.807, 2.05) is 17.8 Å². The van der Waals surface area contributed by atoms with E-state index in [4.69, 9.17) is 11.6 Å². The van der Waals surface area contributed by atoms with E-state index in [2.05, 4.69) is 35.0 Å². The van der Waals surface area contributed by atoms with Crippen LogP contribution in [0.4, 0.5) is 0 Å². The molecule has 0 saturated carbocycles. The zero-order chi connectivity index (χ0) is 9.42. The SMILES string of the molecule is CC1CSC1c1cc(Cl)cc(Br)c1. The van der Waals surface area contributed by atoms with Crippen LogP contribution in [0.3, 0.4) is 0 Å². The van der Waals surface area contributed by atoms with E-state index < -0.39 is 0 Å². The van der Waals surface area contributed by atoms with Crippen LogP contribution in [-0.4, -0.2) is 5.75 Å². The van der Waals surface area contributed by atoms with Crippen LogP contribution in [0.2, 0.25) is 5.02 Å². The second kappa shape index (κ2) is 3.84. The monoisotopic (exact) mass is 276 g/mol. The first-order chi connectivity index (χ1) is 6.16. The maximum Gasteiger partial charge on any atom is 0.0420 e. The molecule has 0 nitrogen and oxygen atoms in total. The third-order valence-electron chi connectivity index (χ3n) is 2.27. The van der Waals surface area contributed by atoms with Gasteiger partial charge >= 0.3 is 0 Å². The van der Waals surface area contributed by atoms with Crippen LogP contribution >= 0.6 is 39.3 Å². The van der Waals surface area contributed by atoms with Gasteiger partial charge in [0.05, 0.1) is 0 Å². The minimum Gasteiger partial charge on any atom is -0.153 e. The first-order valence-corrected chi connectivity index (χ1v) is 6.46. The van der Waals surface area contributed by atoms with Gasteiger partial charge in [-0.25, -0.2) is 0 Å². The molecule has 1 aromatic rings. The first-order valence-electron chi connectivity index (χ1n) is 4.24. The summed E-state index contributed by atoms with van der Waals surface area (Å²) in [6.07, 6.45) is 0. The van der Waals surface area contributed by atoms with Gasteiger partial charge in [0, 0.05) is 14.7 Å². The molecule has 1 aliphatic heterocycles. The Morgan fingerprint density at radius 1 is 1.46 bits per heavy atom. The standard InChI is InChI=1S/C10H10BrClS/c1-6-5-13-10(6)7-2-8(11)4-9(12)3-7/h2-4,6,10H,5H2,1H3. The number of hydrogen-bond acceptors (Lipinski definition) is 1. The topological polar surface area (TPSA) is 0 Å². The highest BCUT2D eigenvalue weighted by atomic mass is 79.9. The van der Waals surface area contributed by atoms with Crippen LogP contribution in [0.1, 0.15) is 17.7 Å². The van der Waals surface area contributed by atoms with Gasteiger partial charge in [0.25, 0.3) is 0 Å². The highest BCUT2D eigenvalue weighted by Gasteiger charge is 2.29. The molecule has 1 aliphatic rings. The number of rotatable bonds is 1. The maximum atomic E-state index is 5.98. The number of benzene rings is 1. The lowest BCUT2D eigenvalue weighted by molar-refractivity contribution is 0.598. The van der Waals surface area contributed by atoms with Crippen molar-refractivity contribution >= 4 is 39.3 Å².